The van der Waals surface area contributed by atoms with Gasteiger partial charge in [-0.2, -0.15) is 0 Å². The third kappa shape index (κ3) is 2.54. The predicted octanol–water partition coefficient (Wildman–Crippen LogP) is 3.98. The summed E-state index contributed by atoms with van der Waals surface area (Å²) in [4.78, 5) is 25.3. The van der Waals surface area contributed by atoms with Crippen molar-refractivity contribution >= 4 is 34.3 Å². The van der Waals surface area contributed by atoms with Gasteiger partial charge in [-0.1, -0.05) is 6.07 Å². The molecule has 0 amide bonds. The lowest BCUT2D eigenvalue weighted by atomic mass is 10.1. The molecule has 0 radical (unpaired) electrons. The van der Waals surface area contributed by atoms with Gasteiger partial charge in [0.15, 0.2) is 6.29 Å². The zero-order valence-corrected chi connectivity index (χ0v) is 12.0. The number of hydrogen-bond donors (Lipinski definition) is 1. The van der Waals surface area contributed by atoms with Gasteiger partial charge < -0.3 is 5.32 Å². The Balaban J connectivity index is 2.20. The number of aromatic nitrogens is 1. The van der Waals surface area contributed by atoms with Crippen molar-refractivity contribution in [1.29, 1.82) is 0 Å². The normalized spacial score (nSPS) is 10.6. The topological polar surface area (TPSA) is 85.1 Å². The molecule has 2 aromatic carbocycles. The summed E-state index contributed by atoms with van der Waals surface area (Å²) in [6.45, 7) is 0. The van der Waals surface area contributed by atoms with Crippen LogP contribution >= 0.6 is 0 Å². The Morgan fingerprint density at radius 3 is 2.54 bits per heavy atom. The molecule has 8 heteroatoms. The number of rotatable bonds is 4. The molecule has 0 spiro atoms. The highest BCUT2D eigenvalue weighted by Gasteiger charge is 2.20. The first-order valence-corrected chi connectivity index (χ1v) is 6.75. The highest BCUT2D eigenvalue weighted by atomic mass is 19.1. The van der Waals surface area contributed by atoms with Crippen LogP contribution in [0.3, 0.4) is 0 Å². The molecule has 0 fully saturated rings. The number of nitro benzene ring substituents is 1. The van der Waals surface area contributed by atoms with Crippen LogP contribution in [0.4, 0.5) is 25.8 Å². The summed E-state index contributed by atoms with van der Waals surface area (Å²) in [7, 11) is 0. The molecule has 120 valence electrons. The van der Waals surface area contributed by atoms with E-state index in [1.165, 1.54) is 30.5 Å². The molecule has 3 aromatic rings. The van der Waals surface area contributed by atoms with Crippen LogP contribution < -0.4 is 5.32 Å². The van der Waals surface area contributed by atoms with Gasteiger partial charge in [0.1, 0.15) is 22.8 Å². The van der Waals surface area contributed by atoms with Gasteiger partial charge in [-0.25, -0.2) is 8.78 Å². The van der Waals surface area contributed by atoms with Gasteiger partial charge in [0.05, 0.1) is 21.6 Å². The van der Waals surface area contributed by atoms with Crippen molar-refractivity contribution in [1.82, 2.24) is 4.98 Å². The first-order chi connectivity index (χ1) is 11.5. The lowest BCUT2D eigenvalue weighted by Gasteiger charge is -2.11. The molecule has 0 aliphatic rings. The lowest BCUT2D eigenvalue weighted by Crippen LogP contribution is -2.02. The number of pyridine rings is 1. The molecular weight excluding hydrogens is 320 g/mol. The maximum atomic E-state index is 14.1. The first-order valence-electron chi connectivity index (χ1n) is 6.75. The number of halogens is 2. The molecule has 0 saturated heterocycles. The highest BCUT2D eigenvalue weighted by molar-refractivity contribution is 5.96. The SMILES string of the molecule is O=Cc1cccc(Nc2ccnc3c(F)ccc(F)c23)c1[N+](=O)[O-]. The molecule has 0 bridgehead atoms. The fourth-order valence-electron chi connectivity index (χ4n) is 2.40. The molecule has 1 heterocycles. The summed E-state index contributed by atoms with van der Waals surface area (Å²) >= 11 is 0. The standard InChI is InChI=1S/C16H9F2N3O3/c17-10-4-5-11(18)15-14(10)12(6-7-19-15)20-13-3-1-2-9(8-22)16(13)21(23)24/h1-8H,(H,19,20). The van der Waals surface area contributed by atoms with E-state index in [0.29, 0.717) is 6.29 Å². The van der Waals surface area contributed by atoms with E-state index < -0.39 is 22.2 Å². The van der Waals surface area contributed by atoms with Gasteiger partial charge in [0.2, 0.25) is 0 Å². The van der Waals surface area contributed by atoms with Gasteiger partial charge in [0, 0.05) is 6.20 Å². The van der Waals surface area contributed by atoms with E-state index in [4.69, 9.17) is 0 Å². The van der Waals surface area contributed by atoms with E-state index in [2.05, 4.69) is 10.3 Å². The Kier molecular flexibility index (Phi) is 3.87. The number of nitrogens with zero attached hydrogens (tertiary/aromatic N) is 2. The molecule has 24 heavy (non-hydrogen) atoms. The van der Waals surface area contributed by atoms with Crippen LogP contribution in [0.25, 0.3) is 10.9 Å². The Morgan fingerprint density at radius 2 is 1.83 bits per heavy atom. The monoisotopic (exact) mass is 329 g/mol. The zero-order valence-electron chi connectivity index (χ0n) is 12.0. The van der Waals surface area contributed by atoms with Crippen molar-refractivity contribution in [2.75, 3.05) is 5.32 Å². The molecular formula is C16H9F2N3O3. The minimum Gasteiger partial charge on any atom is -0.349 e. The maximum absolute atomic E-state index is 14.1. The van der Waals surface area contributed by atoms with E-state index in [-0.39, 0.29) is 27.8 Å². The second kappa shape index (κ2) is 5.99. The average Bonchev–Trinajstić information content (AvgIpc) is 2.57. The van der Waals surface area contributed by atoms with Crippen LogP contribution in [-0.4, -0.2) is 16.2 Å². The van der Waals surface area contributed by atoms with E-state index in [1.807, 2.05) is 0 Å². The van der Waals surface area contributed by atoms with Gasteiger partial charge in [-0.05, 0) is 30.3 Å². The highest BCUT2D eigenvalue weighted by Crippen LogP contribution is 2.34. The minimum absolute atomic E-state index is 0.0132. The second-order valence-electron chi connectivity index (χ2n) is 4.85. The van der Waals surface area contributed by atoms with Crippen LogP contribution in [0, 0.1) is 21.7 Å². The average molecular weight is 329 g/mol. The number of para-hydroxylation sites is 1. The third-order valence-electron chi connectivity index (χ3n) is 3.44. The first kappa shape index (κ1) is 15.5. The Morgan fingerprint density at radius 1 is 1.08 bits per heavy atom. The van der Waals surface area contributed by atoms with E-state index >= 15 is 0 Å². The van der Waals surface area contributed by atoms with Crippen molar-refractivity contribution in [3.05, 3.63) is 69.9 Å². The van der Waals surface area contributed by atoms with Crippen molar-refractivity contribution in [3.63, 3.8) is 0 Å². The van der Waals surface area contributed by atoms with Crippen LogP contribution in [0.5, 0.6) is 0 Å². The van der Waals surface area contributed by atoms with Gasteiger partial charge in [-0.15, -0.1) is 0 Å². The number of carbonyl (C=O) groups excluding carboxylic acids is 1. The van der Waals surface area contributed by atoms with E-state index in [1.54, 1.807) is 0 Å². The third-order valence-corrected chi connectivity index (χ3v) is 3.44. The van der Waals surface area contributed by atoms with Crippen LogP contribution in [0.2, 0.25) is 0 Å². The largest absolute Gasteiger partial charge is 0.349 e. The number of nitro groups is 1. The quantitative estimate of drug-likeness (QED) is 0.444. The number of fused-ring (bicyclic) bond motifs is 1. The molecule has 3 rings (SSSR count). The molecule has 0 atom stereocenters. The van der Waals surface area contributed by atoms with Crippen molar-refractivity contribution in [2.24, 2.45) is 0 Å². The van der Waals surface area contributed by atoms with Gasteiger partial charge in [0.25, 0.3) is 0 Å². The van der Waals surface area contributed by atoms with Crippen LogP contribution in [0.15, 0.2) is 42.6 Å². The summed E-state index contributed by atoms with van der Waals surface area (Å²) in [5.41, 5.74) is -0.692. The van der Waals surface area contributed by atoms with Crippen LogP contribution in [-0.2, 0) is 0 Å². The molecule has 6 nitrogen and oxygen atoms in total. The fourth-order valence-corrected chi connectivity index (χ4v) is 2.40. The van der Waals surface area contributed by atoms with Crippen molar-refractivity contribution in [2.45, 2.75) is 0 Å². The van der Waals surface area contributed by atoms with E-state index in [9.17, 15) is 23.7 Å². The summed E-state index contributed by atoms with van der Waals surface area (Å²) in [6, 6.07) is 7.36. The smallest absolute Gasteiger partial charge is 0.303 e. The summed E-state index contributed by atoms with van der Waals surface area (Å²) in [5, 5.41) is 13.8. The number of anilines is 2. The molecule has 1 aromatic heterocycles. The van der Waals surface area contributed by atoms with Crippen molar-refractivity contribution in [3.8, 4) is 0 Å². The summed E-state index contributed by atoms with van der Waals surface area (Å²) < 4.78 is 27.9. The molecule has 0 aliphatic carbocycles. The second-order valence-corrected chi connectivity index (χ2v) is 4.85. The lowest BCUT2D eigenvalue weighted by molar-refractivity contribution is -0.384. The zero-order chi connectivity index (χ0) is 17.3. The molecule has 0 aliphatic heterocycles. The Hall–Kier alpha value is -3.42. The summed E-state index contributed by atoms with van der Waals surface area (Å²) in [5.74, 6) is -1.44. The summed E-state index contributed by atoms with van der Waals surface area (Å²) in [6.07, 6.45) is 1.61. The van der Waals surface area contributed by atoms with Crippen LogP contribution in [0.1, 0.15) is 10.4 Å². The molecule has 0 saturated carbocycles. The van der Waals surface area contributed by atoms with Gasteiger partial charge >= 0.3 is 5.69 Å². The maximum Gasteiger partial charge on any atom is 0.303 e. The number of aldehydes is 1. The Bertz CT molecular complexity index is 976. The number of hydrogen-bond acceptors (Lipinski definition) is 5. The predicted molar refractivity (Wildman–Crippen MR) is 83.4 cm³/mol. The molecule has 0 unspecified atom stereocenters. The minimum atomic E-state index is -0.726. The van der Waals surface area contributed by atoms with Gasteiger partial charge in [-0.3, -0.25) is 19.9 Å². The van der Waals surface area contributed by atoms with Crippen molar-refractivity contribution < 1.29 is 18.5 Å². The fraction of sp³-hybridized carbons (Fsp3) is 0. The number of nitrogens with one attached hydrogen (secondary N) is 1. The Labute approximate surface area is 133 Å². The number of carbonyl (C=O) groups is 1. The number of benzene rings is 2. The van der Waals surface area contributed by atoms with E-state index in [0.717, 1.165) is 12.1 Å². The molecule has 1 N–H and O–H groups in total.